The molecule has 1 aliphatic heterocycles. The van der Waals surface area contributed by atoms with Crippen LogP contribution in [0.2, 0.25) is 0 Å². The molecule has 1 fully saturated rings. The van der Waals surface area contributed by atoms with E-state index in [-0.39, 0.29) is 0 Å². The predicted molar refractivity (Wildman–Crippen MR) is 115 cm³/mol. The molecule has 0 aromatic heterocycles. The summed E-state index contributed by atoms with van der Waals surface area (Å²) in [5.74, 6) is 0. The summed E-state index contributed by atoms with van der Waals surface area (Å²) in [4.78, 5) is 8.20. The normalized spacial score (nSPS) is 15.1. The first kappa shape index (κ1) is 18.9. The minimum atomic E-state index is 0.982. The fourth-order valence-electron chi connectivity index (χ4n) is 3.54. The molecule has 0 amide bonds. The Morgan fingerprint density at radius 1 is 0.885 bits per heavy atom. The molecule has 0 aliphatic carbocycles. The molecule has 1 aliphatic rings. The molecular formula is C22H29N3S. The minimum absolute atomic E-state index is 0.982. The third-order valence-electron chi connectivity index (χ3n) is 5.15. The quantitative estimate of drug-likeness (QED) is 0.713. The highest BCUT2D eigenvalue weighted by atomic mass is 32.1. The van der Waals surface area contributed by atoms with Crippen LogP contribution in [0.4, 0.5) is 5.69 Å². The van der Waals surface area contributed by atoms with Gasteiger partial charge in [0.25, 0.3) is 0 Å². The zero-order chi connectivity index (χ0) is 18.4. The lowest BCUT2D eigenvalue weighted by atomic mass is 10.1. The summed E-state index contributed by atoms with van der Waals surface area (Å²) >= 11 is 5.77. The van der Waals surface area contributed by atoms with Gasteiger partial charge in [-0.25, -0.2) is 0 Å². The molecule has 4 heteroatoms. The molecule has 26 heavy (non-hydrogen) atoms. The van der Waals surface area contributed by atoms with Crippen LogP contribution in [-0.2, 0) is 6.54 Å². The van der Waals surface area contributed by atoms with Crippen molar-refractivity contribution in [2.45, 2.75) is 20.4 Å². The highest BCUT2D eigenvalue weighted by Gasteiger charge is 2.19. The minimum Gasteiger partial charge on any atom is -0.372 e. The molecule has 0 saturated carbocycles. The monoisotopic (exact) mass is 367 g/mol. The van der Waals surface area contributed by atoms with Crippen LogP contribution in [0, 0.1) is 0 Å². The van der Waals surface area contributed by atoms with E-state index in [2.05, 4.69) is 83.1 Å². The SMILES string of the molecule is CCN(CC)c1ccc(C(=S)N2CCN(Cc3ccccc3)CC2)cc1. The van der Waals surface area contributed by atoms with Gasteiger partial charge in [-0.05, 0) is 43.7 Å². The van der Waals surface area contributed by atoms with Crippen LogP contribution in [0.15, 0.2) is 54.6 Å². The molecule has 2 aromatic carbocycles. The summed E-state index contributed by atoms with van der Waals surface area (Å²) in [5.41, 5.74) is 3.82. The zero-order valence-electron chi connectivity index (χ0n) is 15.9. The van der Waals surface area contributed by atoms with Gasteiger partial charge in [-0.1, -0.05) is 42.5 Å². The van der Waals surface area contributed by atoms with Crippen molar-refractivity contribution in [3.63, 3.8) is 0 Å². The highest BCUT2D eigenvalue weighted by molar-refractivity contribution is 7.80. The zero-order valence-corrected chi connectivity index (χ0v) is 16.7. The number of hydrogen-bond acceptors (Lipinski definition) is 3. The summed E-state index contributed by atoms with van der Waals surface area (Å²) in [5, 5.41) is 0. The van der Waals surface area contributed by atoms with E-state index in [0.29, 0.717) is 0 Å². The van der Waals surface area contributed by atoms with Gasteiger partial charge < -0.3 is 9.80 Å². The Kier molecular flexibility index (Phi) is 6.64. The van der Waals surface area contributed by atoms with Crippen LogP contribution < -0.4 is 4.90 Å². The van der Waals surface area contributed by atoms with E-state index in [4.69, 9.17) is 12.2 Å². The van der Waals surface area contributed by atoms with Crippen LogP contribution in [0.3, 0.4) is 0 Å². The van der Waals surface area contributed by atoms with Crippen LogP contribution >= 0.6 is 12.2 Å². The molecule has 3 rings (SSSR count). The Labute approximate surface area is 163 Å². The van der Waals surface area contributed by atoms with E-state index in [1.807, 2.05) is 0 Å². The summed E-state index contributed by atoms with van der Waals surface area (Å²) in [6, 6.07) is 19.4. The van der Waals surface area contributed by atoms with Gasteiger partial charge in [-0.2, -0.15) is 0 Å². The average Bonchev–Trinajstić information content (AvgIpc) is 2.70. The third kappa shape index (κ3) is 4.63. The van der Waals surface area contributed by atoms with Gasteiger partial charge in [0.2, 0.25) is 0 Å². The van der Waals surface area contributed by atoms with E-state index in [1.165, 1.54) is 11.3 Å². The number of piperazine rings is 1. The fourth-order valence-corrected chi connectivity index (χ4v) is 3.86. The van der Waals surface area contributed by atoms with Crippen molar-refractivity contribution in [2.75, 3.05) is 44.2 Å². The number of benzene rings is 2. The number of hydrogen-bond donors (Lipinski definition) is 0. The predicted octanol–water partition coefficient (Wildman–Crippen LogP) is 4.03. The fraction of sp³-hybridized carbons (Fsp3) is 0.409. The van der Waals surface area contributed by atoms with E-state index in [1.54, 1.807) is 0 Å². The molecule has 2 aromatic rings. The standard InChI is InChI=1S/C22H29N3S/c1-3-24(4-2)21-12-10-20(11-13-21)22(26)25-16-14-23(15-17-25)18-19-8-6-5-7-9-19/h5-13H,3-4,14-18H2,1-2H3. The van der Waals surface area contributed by atoms with Crippen molar-refractivity contribution in [1.29, 1.82) is 0 Å². The first-order valence-corrected chi connectivity index (χ1v) is 10.0. The molecule has 1 heterocycles. The number of anilines is 1. The largest absolute Gasteiger partial charge is 0.372 e. The Morgan fingerprint density at radius 3 is 2.08 bits per heavy atom. The van der Waals surface area contributed by atoms with Gasteiger partial charge in [-0.15, -0.1) is 0 Å². The van der Waals surface area contributed by atoms with Crippen LogP contribution in [0.25, 0.3) is 0 Å². The first-order valence-electron chi connectivity index (χ1n) is 9.61. The maximum Gasteiger partial charge on any atom is 0.109 e. The molecule has 3 nitrogen and oxygen atoms in total. The lowest BCUT2D eigenvalue weighted by Crippen LogP contribution is -2.48. The summed E-state index contributed by atoms with van der Waals surface area (Å²) < 4.78 is 0. The molecule has 1 saturated heterocycles. The Hall–Kier alpha value is -1.91. The first-order chi connectivity index (χ1) is 12.7. The lowest BCUT2D eigenvalue weighted by Gasteiger charge is -2.36. The van der Waals surface area contributed by atoms with Crippen molar-refractivity contribution in [2.24, 2.45) is 0 Å². The summed E-state index contributed by atoms with van der Waals surface area (Å²) in [6.07, 6.45) is 0. The van der Waals surface area contributed by atoms with Crippen molar-refractivity contribution in [3.8, 4) is 0 Å². The lowest BCUT2D eigenvalue weighted by molar-refractivity contribution is 0.177. The van der Waals surface area contributed by atoms with Gasteiger partial charge in [0.15, 0.2) is 0 Å². The van der Waals surface area contributed by atoms with E-state index in [9.17, 15) is 0 Å². The van der Waals surface area contributed by atoms with Crippen molar-refractivity contribution < 1.29 is 0 Å². The molecule has 0 spiro atoms. The Morgan fingerprint density at radius 2 is 1.50 bits per heavy atom. The smallest absolute Gasteiger partial charge is 0.109 e. The van der Waals surface area contributed by atoms with Crippen LogP contribution in [0.1, 0.15) is 25.0 Å². The second-order valence-corrected chi connectivity index (χ2v) is 7.16. The number of nitrogens with zero attached hydrogens (tertiary/aromatic N) is 3. The second-order valence-electron chi connectivity index (χ2n) is 6.77. The maximum absolute atomic E-state index is 5.77. The van der Waals surface area contributed by atoms with Gasteiger partial charge in [0.05, 0.1) is 0 Å². The maximum atomic E-state index is 5.77. The molecule has 0 N–H and O–H groups in total. The van der Waals surface area contributed by atoms with Crippen molar-refractivity contribution in [1.82, 2.24) is 9.80 Å². The van der Waals surface area contributed by atoms with Gasteiger partial charge >= 0.3 is 0 Å². The highest BCUT2D eigenvalue weighted by Crippen LogP contribution is 2.18. The van der Waals surface area contributed by atoms with E-state index < -0.39 is 0 Å². The molecule has 138 valence electrons. The Bertz CT molecular complexity index is 687. The summed E-state index contributed by atoms with van der Waals surface area (Å²) in [7, 11) is 0. The van der Waals surface area contributed by atoms with Crippen LogP contribution in [-0.4, -0.2) is 54.1 Å². The molecular weight excluding hydrogens is 338 g/mol. The molecule has 0 radical (unpaired) electrons. The Balaban J connectivity index is 1.55. The topological polar surface area (TPSA) is 9.72 Å². The number of thiocarbonyl (C=S) groups is 1. The van der Waals surface area contributed by atoms with Crippen LogP contribution in [0.5, 0.6) is 0 Å². The van der Waals surface area contributed by atoms with Gasteiger partial charge in [0, 0.05) is 57.1 Å². The van der Waals surface area contributed by atoms with Crippen molar-refractivity contribution >= 4 is 22.9 Å². The van der Waals surface area contributed by atoms with Gasteiger partial charge in [-0.3, -0.25) is 4.90 Å². The van der Waals surface area contributed by atoms with E-state index in [0.717, 1.165) is 56.4 Å². The second kappa shape index (κ2) is 9.15. The molecule has 0 unspecified atom stereocenters. The van der Waals surface area contributed by atoms with E-state index >= 15 is 0 Å². The summed E-state index contributed by atoms with van der Waals surface area (Å²) in [6.45, 7) is 11.6. The van der Waals surface area contributed by atoms with Gasteiger partial charge in [0.1, 0.15) is 4.99 Å². The van der Waals surface area contributed by atoms with Crippen molar-refractivity contribution in [3.05, 3.63) is 65.7 Å². The molecule has 0 atom stereocenters. The molecule has 0 bridgehead atoms. The number of rotatable bonds is 6. The average molecular weight is 368 g/mol. The third-order valence-corrected chi connectivity index (χ3v) is 5.65.